The molecule has 5 nitrogen and oxygen atoms in total. The van der Waals surface area contributed by atoms with Crippen molar-refractivity contribution in [2.75, 3.05) is 23.3 Å². The Balaban J connectivity index is 1.68. The lowest BCUT2D eigenvalue weighted by atomic mass is 10.1. The van der Waals surface area contributed by atoms with Gasteiger partial charge in [-0.3, -0.25) is 4.79 Å². The topological polar surface area (TPSA) is 58.1 Å². The Bertz CT molecular complexity index is 696. The quantitative estimate of drug-likeness (QED) is 0.887. The first-order chi connectivity index (χ1) is 11.1. The highest BCUT2D eigenvalue weighted by Crippen LogP contribution is 2.20. The molecule has 1 amide bonds. The molecule has 0 aliphatic carbocycles. The molecule has 1 saturated heterocycles. The average Bonchev–Trinajstić information content (AvgIpc) is 2.59. The molecule has 120 valence electrons. The van der Waals surface area contributed by atoms with E-state index in [4.69, 9.17) is 0 Å². The fraction of sp³-hybridized carbons (Fsp3) is 0.353. The van der Waals surface area contributed by atoms with Crippen molar-refractivity contribution in [3.8, 4) is 0 Å². The summed E-state index contributed by atoms with van der Waals surface area (Å²) >= 11 is 3.45. The minimum absolute atomic E-state index is 0.246. The van der Waals surface area contributed by atoms with Gasteiger partial charge in [0, 0.05) is 23.2 Å². The molecule has 0 unspecified atom stereocenters. The minimum Gasteiger partial charge on any atom is -0.355 e. The molecular formula is C17H19BrN4O. The average molecular weight is 375 g/mol. The van der Waals surface area contributed by atoms with Crippen molar-refractivity contribution < 1.29 is 4.79 Å². The van der Waals surface area contributed by atoms with Crippen molar-refractivity contribution in [2.45, 2.75) is 26.2 Å². The summed E-state index contributed by atoms with van der Waals surface area (Å²) in [5.41, 5.74) is 2.14. The van der Waals surface area contributed by atoms with Gasteiger partial charge in [0.25, 0.3) is 5.91 Å². The van der Waals surface area contributed by atoms with Gasteiger partial charge in [-0.15, -0.1) is 0 Å². The molecule has 1 aromatic carbocycles. The summed E-state index contributed by atoms with van der Waals surface area (Å²) in [4.78, 5) is 23.1. The van der Waals surface area contributed by atoms with Crippen LogP contribution in [0.1, 0.15) is 35.3 Å². The normalized spacial score (nSPS) is 14.6. The number of amides is 1. The van der Waals surface area contributed by atoms with E-state index in [1.165, 1.54) is 19.3 Å². The van der Waals surface area contributed by atoms with Gasteiger partial charge in [0.05, 0.1) is 12.4 Å². The molecule has 0 bridgehead atoms. The van der Waals surface area contributed by atoms with Crippen molar-refractivity contribution in [1.82, 2.24) is 9.97 Å². The van der Waals surface area contributed by atoms with E-state index in [9.17, 15) is 4.79 Å². The number of piperidine rings is 1. The number of anilines is 2. The van der Waals surface area contributed by atoms with Crippen LogP contribution in [0.3, 0.4) is 0 Å². The summed E-state index contributed by atoms with van der Waals surface area (Å²) in [5, 5.41) is 2.85. The zero-order chi connectivity index (χ0) is 16.2. The first-order valence-electron chi connectivity index (χ1n) is 7.78. The van der Waals surface area contributed by atoms with Gasteiger partial charge >= 0.3 is 0 Å². The van der Waals surface area contributed by atoms with Gasteiger partial charge in [0.15, 0.2) is 0 Å². The van der Waals surface area contributed by atoms with Crippen LogP contribution in [0, 0.1) is 6.92 Å². The van der Waals surface area contributed by atoms with Crippen LogP contribution in [0.5, 0.6) is 0 Å². The third kappa shape index (κ3) is 3.88. The first kappa shape index (κ1) is 15.9. The van der Waals surface area contributed by atoms with Crippen molar-refractivity contribution in [1.29, 1.82) is 0 Å². The number of hydrogen-bond donors (Lipinski definition) is 1. The number of nitrogens with one attached hydrogen (secondary N) is 1. The molecule has 1 aliphatic rings. The molecule has 0 atom stereocenters. The zero-order valence-electron chi connectivity index (χ0n) is 13.1. The number of carbonyl (C=O) groups excluding carboxylic acids is 1. The maximum atomic E-state index is 12.3. The minimum atomic E-state index is -0.246. The lowest BCUT2D eigenvalue weighted by molar-refractivity contribution is 0.102. The second-order valence-corrected chi connectivity index (χ2v) is 6.58. The molecule has 1 aromatic heterocycles. The fourth-order valence-corrected chi connectivity index (χ4v) is 2.89. The number of aryl methyl sites for hydroxylation is 1. The Morgan fingerprint density at radius 2 is 1.96 bits per heavy atom. The SMILES string of the molecule is Cc1cc(NC(=O)c2cnc(N3CCCCC3)cn2)ccc1Br. The molecule has 0 saturated carbocycles. The summed E-state index contributed by atoms with van der Waals surface area (Å²) in [6.45, 7) is 4.00. The van der Waals surface area contributed by atoms with Crippen LogP contribution in [0.2, 0.25) is 0 Å². The van der Waals surface area contributed by atoms with E-state index in [0.29, 0.717) is 5.69 Å². The molecule has 1 fully saturated rings. The van der Waals surface area contributed by atoms with E-state index in [2.05, 4.69) is 36.1 Å². The van der Waals surface area contributed by atoms with Crippen LogP contribution in [0.25, 0.3) is 0 Å². The summed E-state index contributed by atoms with van der Waals surface area (Å²) in [6, 6.07) is 5.68. The van der Waals surface area contributed by atoms with Gasteiger partial charge in [-0.05, 0) is 49.9 Å². The monoisotopic (exact) mass is 374 g/mol. The molecule has 2 heterocycles. The molecule has 0 radical (unpaired) electrons. The van der Waals surface area contributed by atoms with Gasteiger partial charge in [-0.2, -0.15) is 0 Å². The fourth-order valence-electron chi connectivity index (χ4n) is 2.64. The maximum absolute atomic E-state index is 12.3. The number of aromatic nitrogens is 2. The van der Waals surface area contributed by atoms with Crippen molar-refractivity contribution in [2.24, 2.45) is 0 Å². The second kappa shape index (κ2) is 7.08. The number of nitrogens with zero attached hydrogens (tertiary/aromatic N) is 3. The molecule has 3 rings (SSSR count). The Kier molecular flexibility index (Phi) is 4.91. The van der Waals surface area contributed by atoms with Crippen LogP contribution in [-0.4, -0.2) is 29.0 Å². The predicted octanol–water partition coefficient (Wildman–Crippen LogP) is 3.79. The Morgan fingerprint density at radius 3 is 2.61 bits per heavy atom. The Morgan fingerprint density at radius 1 is 1.17 bits per heavy atom. The van der Waals surface area contributed by atoms with E-state index >= 15 is 0 Å². The number of carbonyl (C=O) groups is 1. The lowest BCUT2D eigenvalue weighted by Gasteiger charge is -2.27. The summed E-state index contributed by atoms with van der Waals surface area (Å²) in [5.74, 6) is 0.602. The highest BCUT2D eigenvalue weighted by atomic mass is 79.9. The summed E-state index contributed by atoms with van der Waals surface area (Å²) < 4.78 is 1.01. The first-order valence-corrected chi connectivity index (χ1v) is 8.57. The molecule has 6 heteroatoms. The highest BCUT2D eigenvalue weighted by Gasteiger charge is 2.14. The van der Waals surface area contributed by atoms with Crippen molar-refractivity contribution >= 4 is 33.3 Å². The zero-order valence-corrected chi connectivity index (χ0v) is 14.6. The molecule has 2 aromatic rings. The van der Waals surface area contributed by atoms with E-state index in [-0.39, 0.29) is 5.91 Å². The number of halogens is 1. The van der Waals surface area contributed by atoms with Crippen LogP contribution < -0.4 is 10.2 Å². The van der Waals surface area contributed by atoms with Crippen LogP contribution in [-0.2, 0) is 0 Å². The molecular weight excluding hydrogens is 356 g/mol. The number of hydrogen-bond acceptors (Lipinski definition) is 4. The third-order valence-corrected chi connectivity index (χ3v) is 4.86. The van der Waals surface area contributed by atoms with E-state index in [1.54, 1.807) is 12.4 Å². The van der Waals surface area contributed by atoms with Gasteiger partial charge in [0.2, 0.25) is 0 Å². The molecule has 0 spiro atoms. The lowest BCUT2D eigenvalue weighted by Crippen LogP contribution is -2.30. The number of benzene rings is 1. The third-order valence-electron chi connectivity index (χ3n) is 3.97. The number of rotatable bonds is 3. The van der Waals surface area contributed by atoms with Gasteiger partial charge in [-0.25, -0.2) is 9.97 Å². The summed E-state index contributed by atoms with van der Waals surface area (Å²) in [6.07, 6.45) is 6.88. The maximum Gasteiger partial charge on any atom is 0.275 e. The van der Waals surface area contributed by atoms with Crippen LogP contribution >= 0.6 is 15.9 Å². The van der Waals surface area contributed by atoms with Gasteiger partial charge in [-0.1, -0.05) is 15.9 Å². The van der Waals surface area contributed by atoms with E-state index < -0.39 is 0 Å². The predicted molar refractivity (Wildman–Crippen MR) is 94.9 cm³/mol. The van der Waals surface area contributed by atoms with E-state index in [1.807, 2.05) is 25.1 Å². The Labute approximate surface area is 144 Å². The molecule has 1 N–H and O–H groups in total. The van der Waals surface area contributed by atoms with Crippen molar-refractivity contribution in [3.63, 3.8) is 0 Å². The van der Waals surface area contributed by atoms with E-state index in [0.717, 1.165) is 34.6 Å². The van der Waals surface area contributed by atoms with Gasteiger partial charge in [0.1, 0.15) is 11.5 Å². The van der Waals surface area contributed by atoms with Crippen LogP contribution in [0.15, 0.2) is 35.1 Å². The molecule has 1 aliphatic heterocycles. The summed E-state index contributed by atoms with van der Waals surface area (Å²) in [7, 11) is 0. The highest BCUT2D eigenvalue weighted by molar-refractivity contribution is 9.10. The largest absolute Gasteiger partial charge is 0.355 e. The standard InChI is InChI=1S/C17H19BrN4O/c1-12-9-13(5-6-14(12)18)21-17(23)15-10-20-16(11-19-15)22-7-3-2-4-8-22/h5-6,9-11H,2-4,7-8H2,1H3,(H,21,23). The smallest absolute Gasteiger partial charge is 0.275 e. The van der Waals surface area contributed by atoms with Gasteiger partial charge < -0.3 is 10.2 Å². The van der Waals surface area contributed by atoms with Crippen molar-refractivity contribution in [3.05, 3.63) is 46.3 Å². The second-order valence-electron chi connectivity index (χ2n) is 5.73. The van der Waals surface area contributed by atoms with Crippen LogP contribution in [0.4, 0.5) is 11.5 Å². The Hall–Kier alpha value is -1.95. The molecule has 23 heavy (non-hydrogen) atoms.